The Morgan fingerprint density at radius 3 is 2.81 bits per heavy atom. The minimum absolute atomic E-state index is 0.309. The van der Waals surface area contributed by atoms with E-state index in [1.165, 1.54) is 0 Å². The van der Waals surface area contributed by atoms with Gasteiger partial charge in [0.2, 0.25) is 0 Å². The Balaban J connectivity index is 2.20. The van der Waals surface area contributed by atoms with Crippen LogP contribution in [0.5, 0.6) is 5.75 Å². The number of benzene rings is 1. The van der Waals surface area contributed by atoms with E-state index in [-0.39, 0.29) is 0 Å². The van der Waals surface area contributed by atoms with Crippen LogP contribution >= 0.6 is 23.1 Å². The Labute approximate surface area is 104 Å². The van der Waals surface area contributed by atoms with Gasteiger partial charge in [-0.2, -0.15) is 0 Å². The number of phenols is 1. The Morgan fingerprint density at radius 2 is 2.12 bits per heavy atom. The summed E-state index contributed by atoms with van der Waals surface area (Å²) in [4.78, 5) is 4.53. The van der Waals surface area contributed by atoms with E-state index in [0.717, 1.165) is 20.3 Å². The van der Waals surface area contributed by atoms with E-state index in [0.29, 0.717) is 11.2 Å². The third kappa shape index (κ3) is 2.89. The lowest BCUT2D eigenvalue weighted by atomic mass is 10.0. The fourth-order valence-corrected chi connectivity index (χ4v) is 3.36. The van der Waals surface area contributed by atoms with E-state index in [1.54, 1.807) is 35.2 Å². The average Bonchev–Trinajstić information content (AvgIpc) is 2.55. The Bertz CT molecular complexity index is 499. The van der Waals surface area contributed by atoms with Crippen LogP contribution in [0.1, 0.15) is 20.8 Å². The molecule has 0 amide bonds. The van der Waals surface area contributed by atoms with E-state index in [2.05, 4.69) is 25.8 Å². The van der Waals surface area contributed by atoms with Crippen molar-refractivity contribution in [1.29, 1.82) is 0 Å². The molecule has 0 aliphatic carbocycles. The van der Waals surface area contributed by atoms with Gasteiger partial charge in [0.1, 0.15) is 5.75 Å². The quantitative estimate of drug-likeness (QED) is 0.817. The molecule has 2 nitrogen and oxygen atoms in total. The number of nitrogens with zero attached hydrogens (tertiary/aromatic N) is 1. The van der Waals surface area contributed by atoms with Crippen LogP contribution in [-0.2, 0) is 0 Å². The minimum Gasteiger partial charge on any atom is -0.508 e. The second kappa shape index (κ2) is 4.26. The van der Waals surface area contributed by atoms with Crippen LogP contribution in [0.3, 0.4) is 0 Å². The first-order chi connectivity index (χ1) is 7.44. The fraction of sp³-hybridized carbons (Fsp3) is 0.417. The highest BCUT2D eigenvalue weighted by atomic mass is 32.2. The predicted octanol–water partition coefficient (Wildman–Crippen LogP) is 4.14. The van der Waals surface area contributed by atoms with E-state index >= 15 is 0 Å². The summed E-state index contributed by atoms with van der Waals surface area (Å²) in [6.45, 7) is 6.66. The largest absolute Gasteiger partial charge is 0.508 e. The third-order valence-corrected chi connectivity index (χ3v) is 4.75. The van der Waals surface area contributed by atoms with E-state index in [4.69, 9.17) is 0 Å². The number of fused-ring (bicyclic) bond motifs is 1. The molecule has 2 aromatic rings. The number of aromatic nitrogens is 1. The molecule has 0 aliphatic rings. The number of thiazole rings is 1. The molecule has 0 radical (unpaired) electrons. The molecule has 1 heterocycles. The zero-order valence-electron chi connectivity index (χ0n) is 9.65. The lowest BCUT2D eigenvalue weighted by Gasteiger charge is -2.15. The van der Waals surface area contributed by atoms with Gasteiger partial charge in [0.15, 0.2) is 4.34 Å². The molecule has 1 aromatic heterocycles. The van der Waals surface area contributed by atoms with Gasteiger partial charge in [-0.05, 0) is 23.6 Å². The van der Waals surface area contributed by atoms with Crippen LogP contribution in [0.4, 0.5) is 0 Å². The van der Waals surface area contributed by atoms with Crippen LogP contribution in [0.2, 0.25) is 0 Å². The van der Waals surface area contributed by atoms with E-state index in [9.17, 15) is 5.11 Å². The number of hydrogen-bond acceptors (Lipinski definition) is 4. The molecule has 1 N–H and O–H groups in total. The zero-order valence-corrected chi connectivity index (χ0v) is 11.3. The standard InChI is InChI=1S/C12H15NOS2/c1-12(2,3)7-15-11-13-9-5-4-8(14)6-10(9)16-11/h4-6,14H,7H2,1-3H3. The molecule has 86 valence electrons. The Kier molecular flexibility index (Phi) is 3.13. The van der Waals surface area contributed by atoms with Crippen molar-refractivity contribution in [2.45, 2.75) is 25.1 Å². The first kappa shape index (κ1) is 11.7. The second-order valence-electron chi connectivity index (χ2n) is 4.98. The van der Waals surface area contributed by atoms with Crippen molar-refractivity contribution in [3.8, 4) is 5.75 Å². The molecule has 0 unspecified atom stereocenters. The normalized spacial score (nSPS) is 12.2. The summed E-state index contributed by atoms with van der Waals surface area (Å²) in [6, 6.07) is 5.32. The maximum atomic E-state index is 9.37. The molecule has 16 heavy (non-hydrogen) atoms. The summed E-state index contributed by atoms with van der Waals surface area (Å²) < 4.78 is 2.13. The average molecular weight is 253 g/mol. The molecule has 0 spiro atoms. The highest BCUT2D eigenvalue weighted by Gasteiger charge is 2.12. The van der Waals surface area contributed by atoms with Crippen molar-refractivity contribution in [3.63, 3.8) is 0 Å². The molecule has 0 bridgehead atoms. The van der Waals surface area contributed by atoms with Crippen molar-refractivity contribution < 1.29 is 5.11 Å². The second-order valence-corrected chi connectivity index (χ2v) is 7.23. The van der Waals surface area contributed by atoms with Gasteiger partial charge in [-0.1, -0.05) is 32.5 Å². The molecule has 0 atom stereocenters. The SMILES string of the molecule is CC(C)(C)CSc1nc2ccc(O)cc2s1. The molecule has 1 aromatic carbocycles. The van der Waals surface area contributed by atoms with Gasteiger partial charge in [0.05, 0.1) is 10.2 Å². The molecule has 0 saturated carbocycles. The molecule has 0 saturated heterocycles. The summed E-state index contributed by atoms with van der Waals surface area (Å²) in [5.41, 5.74) is 1.28. The molecule has 4 heteroatoms. The van der Waals surface area contributed by atoms with Crippen LogP contribution < -0.4 is 0 Å². The smallest absolute Gasteiger partial charge is 0.151 e. The number of thioether (sulfide) groups is 1. The van der Waals surface area contributed by atoms with Crippen molar-refractivity contribution in [1.82, 2.24) is 4.98 Å². The summed E-state index contributed by atoms with van der Waals surface area (Å²) in [5.74, 6) is 1.36. The van der Waals surface area contributed by atoms with Crippen LogP contribution in [0.25, 0.3) is 10.2 Å². The van der Waals surface area contributed by atoms with Crippen molar-refractivity contribution in [2.75, 3.05) is 5.75 Å². The summed E-state index contributed by atoms with van der Waals surface area (Å²) in [6.07, 6.45) is 0. The Hall–Kier alpha value is -0.740. The van der Waals surface area contributed by atoms with Crippen molar-refractivity contribution in [2.24, 2.45) is 5.41 Å². The maximum absolute atomic E-state index is 9.37. The predicted molar refractivity (Wildman–Crippen MR) is 71.5 cm³/mol. The first-order valence-electron chi connectivity index (χ1n) is 5.16. The topological polar surface area (TPSA) is 33.1 Å². The number of hydrogen-bond donors (Lipinski definition) is 1. The van der Waals surface area contributed by atoms with Gasteiger partial charge in [-0.25, -0.2) is 4.98 Å². The van der Waals surface area contributed by atoms with Gasteiger partial charge < -0.3 is 5.11 Å². The summed E-state index contributed by atoms with van der Waals surface area (Å²) in [5, 5.41) is 9.37. The van der Waals surface area contributed by atoms with E-state index < -0.39 is 0 Å². The molecule has 0 fully saturated rings. The van der Waals surface area contributed by atoms with Crippen LogP contribution in [0, 0.1) is 5.41 Å². The lowest BCUT2D eigenvalue weighted by Crippen LogP contribution is -2.07. The highest BCUT2D eigenvalue weighted by molar-refractivity contribution is 8.01. The third-order valence-electron chi connectivity index (χ3n) is 1.98. The van der Waals surface area contributed by atoms with Crippen LogP contribution in [-0.4, -0.2) is 15.8 Å². The lowest BCUT2D eigenvalue weighted by molar-refractivity contribution is 0.476. The zero-order chi connectivity index (χ0) is 11.8. The van der Waals surface area contributed by atoms with Gasteiger partial charge in [-0.15, -0.1) is 11.3 Å². The fourth-order valence-electron chi connectivity index (χ4n) is 1.23. The van der Waals surface area contributed by atoms with E-state index in [1.807, 2.05) is 6.07 Å². The molecular formula is C12H15NOS2. The molecule has 2 rings (SSSR count). The molecule has 0 aliphatic heterocycles. The van der Waals surface area contributed by atoms with Gasteiger partial charge >= 0.3 is 0 Å². The summed E-state index contributed by atoms with van der Waals surface area (Å²) >= 11 is 3.43. The first-order valence-corrected chi connectivity index (χ1v) is 6.97. The number of rotatable bonds is 2. The van der Waals surface area contributed by atoms with Gasteiger partial charge in [0.25, 0.3) is 0 Å². The minimum atomic E-state index is 0.309. The highest BCUT2D eigenvalue weighted by Crippen LogP contribution is 2.34. The number of aromatic hydroxyl groups is 1. The van der Waals surface area contributed by atoms with Crippen LogP contribution in [0.15, 0.2) is 22.5 Å². The monoisotopic (exact) mass is 253 g/mol. The molecular weight excluding hydrogens is 238 g/mol. The Morgan fingerprint density at radius 1 is 1.38 bits per heavy atom. The maximum Gasteiger partial charge on any atom is 0.151 e. The van der Waals surface area contributed by atoms with Crippen molar-refractivity contribution in [3.05, 3.63) is 18.2 Å². The summed E-state index contributed by atoms with van der Waals surface area (Å²) in [7, 11) is 0. The number of phenolic OH excluding ortho intramolecular Hbond substituents is 1. The van der Waals surface area contributed by atoms with Crippen molar-refractivity contribution >= 4 is 33.3 Å². The van der Waals surface area contributed by atoms with Gasteiger partial charge in [0, 0.05) is 5.75 Å². The van der Waals surface area contributed by atoms with Gasteiger partial charge in [-0.3, -0.25) is 0 Å².